The Kier molecular flexibility index (Phi) is 8.58. The van der Waals surface area contributed by atoms with Crippen LogP contribution in [0, 0.1) is 34.6 Å². The number of nitrogens with zero attached hydrogens (tertiary/aromatic N) is 2. The van der Waals surface area contributed by atoms with Crippen molar-refractivity contribution in [2.75, 3.05) is 23.0 Å². The topological polar surface area (TPSA) is 38.1 Å². The van der Waals surface area contributed by atoms with Crippen LogP contribution in [-0.4, -0.2) is 19.9 Å². The van der Waals surface area contributed by atoms with E-state index in [9.17, 15) is 0 Å². The van der Waals surface area contributed by atoms with Crippen LogP contribution in [0.1, 0.15) is 113 Å². The molecule has 6 aromatic rings. The van der Waals surface area contributed by atoms with Crippen molar-refractivity contribution < 1.29 is 13.9 Å². The average Bonchev–Trinajstić information content (AvgIpc) is 3.34. The maximum absolute atomic E-state index is 7.22. The standard InChI is InChI=1S/C52H59BN2O3/c1-29-20-40-46-41(21-29)55(48-32(4)24-36(25-33(48)5)52(12,13)14)49-45(37-26-34(50(6,7)8)16-17-42(37)58-49)53(46)38-27-43-44(57-19-15-18-56-43)28-39(38)54(40)47-30(2)22-35(23-31(47)3)51(9,10)11/h16-17,20-28H,15,18-19H2,1-14H3. The maximum Gasteiger partial charge on any atom is 0.257 e. The zero-order valence-corrected chi connectivity index (χ0v) is 37.2. The second-order valence-electron chi connectivity index (χ2n) is 20.4. The van der Waals surface area contributed by atoms with Crippen molar-refractivity contribution in [3.63, 3.8) is 0 Å². The lowest BCUT2D eigenvalue weighted by atomic mass is 9.33. The largest absolute Gasteiger partial charge is 0.490 e. The van der Waals surface area contributed by atoms with Crippen LogP contribution in [-0.2, 0) is 16.2 Å². The summed E-state index contributed by atoms with van der Waals surface area (Å²) in [4.78, 5) is 5.00. The number of hydrogen-bond donors (Lipinski definition) is 0. The van der Waals surface area contributed by atoms with Crippen LogP contribution in [0.4, 0.5) is 34.3 Å². The molecule has 3 aliphatic heterocycles. The smallest absolute Gasteiger partial charge is 0.257 e. The average molecular weight is 771 g/mol. The highest BCUT2D eigenvalue weighted by Crippen LogP contribution is 2.51. The highest BCUT2D eigenvalue weighted by molar-refractivity contribution is 7.01. The van der Waals surface area contributed by atoms with E-state index in [2.05, 4.69) is 173 Å². The summed E-state index contributed by atoms with van der Waals surface area (Å²) in [6.45, 7) is 33.1. The summed E-state index contributed by atoms with van der Waals surface area (Å²) in [5.41, 5.74) is 20.5. The van der Waals surface area contributed by atoms with Crippen molar-refractivity contribution in [2.24, 2.45) is 0 Å². The predicted octanol–water partition coefficient (Wildman–Crippen LogP) is 12.1. The summed E-state index contributed by atoms with van der Waals surface area (Å²) in [5, 5.41) is 1.16. The molecule has 5 aromatic carbocycles. The molecule has 5 nitrogen and oxygen atoms in total. The molecule has 58 heavy (non-hydrogen) atoms. The fraction of sp³-hybridized carbons (Fsp3) is 0.385. The van der Waals surface area contributed by atoms with Gasteiger partial charge in [-0.1, -0.05) is 92.6 Å². The normalized spacial score (nSPS) is 15.0. The third kappa shape index (κ3) is 5.96. The lowest BCUT2D eigenvalue weighted by Gasteiger charge is -2.44. The minimum absolute atomic E-state index is 0.0176. The van der Waals surface area contributed by atoms with Gasteiger partial charge in [-0.3, -0.25) is 4.90 Å². The Morgan fingerprint density at radius 2 is 1.02 bits per heavy atom. The van der Waals surface area contributed by atoms with E-state index in [0.29, 0.717) is 13.2 Å². The first-order valence-electron chi connectivity index (χ1n) is 21.2. The molecular weight excluding hydrogens is 711 g/mol. The van der Waals surface area contributed by atoms with E-state index in [1.54, 1.807) is 0 Å². The number of rotatable bonds is 2. The molecule has 0 atom stereocenters. The van der Waals surface area contributed by atoms with Crippen molar-refractivity contribution in [2.45, 2.75) is 120 Å². The molecule has 0 fully saturated rings. The van der Waals surface area contributed by atoms with Crippen molar-refractivity contribution in [3.8, 4) is 11.5 Å². The monoisotopic (exact) mass is 770 g/mol. The summed E-state index contributed by atoms with van der Waals surface area (Å²) in [6, 6.07) is 25.7. The number of benzene rings is 5. The molecule has 0 spiro atoms. The van der Waals surface area contributed by atoms with Gasteiger partial charge in [-0.05, 0) is 137 Å². The molecule has 0 amide bonds. The molecule has 4 heterocycles. The van der Waals surface area contributed by atoms with E-state index in [0.717, 1.165) is 46.1 Å². The second kappa shape index (κ2) is 13.0. The number of aryl methyl sites for hydroxylation is 5. The second-order valence-corrected chi connectivity index (χ2v) is 20.4. The Labute approximate surface area is 346 Å². The number of anilines is 6. The van der Waals surface area contributed by atoms with Gasteiger partial charge in [0.1, 0.15) is 5.58 Å². The van der Waals surface area contributed by atoms with Gasteiger partial charge >= 0.3 is 0 Å². The summed E-state index contributed by atoms with van der Waals surface area (Å²) in [6.07, 6.45) is 0.844. The number of furan rings is 1. The third-order valence-electron chi connectivity index (χ3n) is 12.7. The van der Waals surface area contributed by atoms with Gasteiger partial charge in [0.15, 0.2) is 11.5 Å². The summed E-state index contributed by atoms with van der Waals surface area (Å²) < 4.78 is 20.2. The first-order valence-corrected chi connectivity index (χ1v) is 21.2. The molecule has 3 aliphatic rings. The summed E-state index contributed by atoms with van der Waals surface area (Å²) in [7, 11) is 0. The molecule has 0 aliphatic carbocycles. The van der Waals surface area contributed by atoms with Crippen molar-refractivity contribution in [1.82, 2.24) is 0 Å². The molecule has 9 rings (SSSR count). The molecular formula is C52H59BN2O3. The van der Waals surface area contributed by atoms with Gasteiger partial charge in [0.05, 0.1) is 24.6 Å². The zero-order valence-electron chi connectivity index (χ0n) is 37.2. The van der Waals surface area contributed by atoms with Crippen LogP contribution in [0.2, 0.25) is 0 Å². The van der Waals surface area contributed by atoms with Gasteiger partial charge in [-0.15, -0.1) is 0 Å². The van der Waals surface area contributed by atoms with Crippen molar-refractivity contribution in [3.05, 3.63) is 111 Å². The molecule has 0 saturated heterocycles. The van der Waals surface area contributed by atoms with Crippen LogP contribution >= 0.6 is 0 Å². The van der Waals surface area contributed by atoms with Gasteiger partial charge in [0, 0.05) is 40.4 Å². The Bertz CT molecular complexity index is 2640. The predicted molar refractivity (Wildman–Crippen MR) is 246 cm³/mol. The molecule has 0 unspecified atom stereocenters. The lowest BCUT2D eigenvalue weighted by Crippen LogP contribution is -2.61. The van der Waals surface area contributed by atoms with Crippen LogP contribution in [0.15, 0.2) is 71.1 Å². The first kappa shape index (κ1) is 38.4. The van der Waals surface area contributed by atoms with Crippen LogP contribution < -0.4 is 35.7 Å². The Hall–Kier alpha value is -5.10. The van der Waals surface area contributed by atoms with E-state index < -0.39 is 0 Å². The number of fused-ring (bicyclic) bond motifs is 7. The molecule has 1 aromatic heterocycles. The van der Waals surface area contributed by atoms with Crippen LogP contribution in [0.3, 0.4) is 0 Å². The van der Waals surface area contributed by atoms with Crippen LogP contribution in [0.5, 0.6) is 11.5 Å². The maximum atomic E-state index is 7.22. The fourth-order valence-corrected chi connectivity index (χ4v) is 9.72. The van der Waals surface area contributed by atoms with E-state index in [-0.39, 0.29) is 23.0 Å². The van der Waals surface area contributed by atoms with E-state index in [4.69, 9.17) is 13.9 Å². The minimum Gasteiger partial charge on any atom is -0.490 e. The summed E-state index contributed by atoms with van der Waals surface area (Å²) in [5.74, 6) is 2.49. The van der Waals surface area contributed by atoms with Gasteiger partial charge in [0.2, 0.25) is 5.88 Å². The van der Waals surface area contributed by atoms with E-state index >= 15 is 0 Å². The van der Waals surface area contributed by atoms with Crippen LogP contribution in [0.25, 0.3) is 11.0 Å². The van der Waals surface area contributed by atoms with E-state index in [1.165, 1.54) is 78.0 Å². The van der Waals surface area contributed by atoms with Crippen molar-refractivity contribution >= 4 is 68.4 Å². The Morgan fingerprint density at radius 3 is 1.55 bits per heavy atom. The van der Waals surface area contributed by atoms with Gasteiger partial charge in [-0.2, -0.15) is 0 Å². The molecule has 0 bridgehead atoms. The SMILES string of the molecule is Cc1cc2c3c(c1)N(c1c(C)cc(C(C)(C)C)cc1C)c1oc4ccc(C(C)(C)C)cc4c1B3c1cc3c(cc1N2c1c(C)cc(C(C)(C)C)cc1C)OCCCO3. The highest BCUT2D eigenvalue weighted by Gasteiger charge is 2.48. The molecule has 6 heteroatoms. The molecule has 0 N–H and O–H groups in total. The van der Waals surface area contributed by atoms with Gasteiger partial charge in [-0.25, -0.2) is 0 Å². The zero-order chi connectivity index (χ0) is 41.4. The highest BCUT2D eigenvalue weighted by atomic mass is 16.5. The third-order valence-corrected chi connectivity index (χ3v) is 12.7. The Morgan fingerprint density at radius 1 is 0.517 bits per heavy atom. The van der Waals surface area contributed by atoms with Crippen molar-refractivity contribution in [1.29, 1.82) is 0 Å². The molecule has 0 radical (unpaired) electrons. The lowest BCUT2D eigenvalue weighted by molar-refractivity contribution is 0.297. The Balaban J connectivity index is 1.43. The molecule has 0 saturated carbocycles. The summed E-state index contributed by atoms with van der Waals surface area (Å²) >= 11 is 0. The van der Waals surface area contributed by atoms with Gasteiger partial charge in [0.25, 0.3) is 6.71 Å². The van der Waals surface area contributed by atoms with E-state index in [1.807, 2.05) is 0 Å². The fourth-order valence-electron chi connectivity index (χ4n) is 9.72. The first-order chi connectivity index (χ1) is 27.2. The molecule has 298 valence electrons. The minimum atomic E-state index is -0.124. The van der Waals surface area contributed by atoms with Gasteiger partial charge < -0.3 is 18.8 Å². The number of hydrogen-bond acceptors (Lipinski definition) is 5. The quantitative estimate of drug-likeness (QED) is 0.164. The number of ether oxygens (including phenoxy) is 2.